The molecule has 17 heavy (non-hydrogen) atoms. The molecule has 0 saturated heterocycles. The second-order valence-electron chi connectivity index (χ2n) is 3.79. The van der Waals surface area contributed by atoms with Crippen molar-refractivity contribution in [3.05, 3.63) is 44.1 Å². The van der Waals surface area contributed by atoms with Gasteiger partial charge in [0.05, 0.1) is 21.7 Å². The summed E-state index contributed by atoms with van der Waals surface area (Å²) in [5, 5.41) is 6.24. The van der Waals surface area contributed by atoms with Gasteiger partial charge in [-0.05, 0) is 47.5 Å². The molecule has 90 valence electrons. The highest BCUT2D eigenvalue weighted by Crippen LogP contribution is 2.24. The fraction of sp³-hybridized carbons (Fsp3) is 0.250. The van der Waals surface area contributed by atoms with Crippen LogP contribution in [0.1, 0.15) is 16.3 Å². The summed E-state index contributed by atoms with van der Waals surface area (Å²) >= 11 is 4.78. The number of aryl methyl sites for hydroxylation is 2. The van der Waals surface area contributed by atoms with E-state index in [1.165, 1.54) is 6.07 Å². The van der Waals surface area contributed by atoms with Gasteiger partial charge in [0.15, 0.2) is 0 Å². The van der Waals surface area contributed by atoms with Crippen LogP contribution in [0.15, 0.2) is 22.0 Å². The summed E-state index contributed by atoms with van der Waals surface area (Å²) in [5.41, 5.74) is 2.79. The van der Waals surface area contributed by atoms with E-state index >= 15 is 0 Å². The van der Waals surface area contributed by atoms with Gasteiger partial charge in [-0.3, -0.25) is 0 Å². The van der Waals surface area contributed by atoms with Gasteiger partial charge in [-0.15, -0.1) is 11.3 Å². The summed E-state index contributed by atoms with van der Waals surface area (Å²) in [5.74, 6) is -0.257. The van der Waals surface area contributed by atoms with Crippen molar-refractivity contribution in [1.82, 2.24) is 4.98 Å². The number of rotatable bonds is 3. The quantitative estimate of drug-likeness (QED) is 0.915. The fourth-order valence-corrected chi connectivity index (χ4v) is 2.58. The Hall–Kier alpha value is -0.940. The molecule has 0 bridgehead atoms. The van der Waals surface area contributed by atoms with E-state index in [4.69, 9.17) is 0 Å². The molecule has 2 aromatic rings. The monoisotopic (exact) mass is 314 g/mol. The highest BCUT2D eigenvalue weighted by Gasteiger charge is 2.05. The minimum absolute atomic E-state index is 0.257. The van der Waals surface area contributed by atoms with Gasteiger partial charge >= 0.3 is 0 Å². The van der Waals surface area contributed by atoms with E-state index in [1.807, 2.05) is 19.2 Å². The maximum Gasteiger partial charge on any atom is 0.139 e. The highest BCUT2D eigenvalue weighted by atomic mass is 79.9. The van der Waals surface area contributed by atoms with E-state index in [9.17, 15) is 4.39 Å². The molecule has 5 heteroatoms. The zero-order chi connectivity index (χ0) is 12.4. The van der Waals surface area contributed by atoms with Crippen molar-refractivity contribution in [3.63, 3.8) is 0 Å². The number of halogens is 2. The summed E-state index contributed by atoms with van der Waals surface area (Å²) < 4.78 is 13.9. The summed E-state index contributed by atoms with van der Waals surface area (Å²) in [6, 6.07) is 3.27. The molecule has 0 amide bonds. The standard InChI is InChI=1S/C12H12BrFN2S/c1-7-3-10(13)11(14)4-12(7)15-5-9-6-17-8(2)16-9/h3-4,6,15H,5H2,1-2H3. The lowest BCUT2D eigenvalue weighted by Gasteiger charge is -2.09. The summed E-state index contributed by atoms with van der Waals surface area (Å²) in [6.07, 6.45) is 0. The van der Waals surface area contributed by atoms with Gasteiger partial charge in [-0.2, -0.15) is 0 Å². The third-order valence-corrected chi connectivity index (χ3v) is 3.82. The second-order valence-corrected chi connectivity index (χ2v) is 5.71. The second kappa shape index (κ2) is 5.14. The minimum atomic E-state index is -0.257. The minimum Gasteiger partial charge on any atom is -0.379 e. The molecule has 1 heterocycles. The number of aromatic nitrogens is 1. The van der Waals surface area contributed by atoms with E-state index in [0.717, 1.165) is 22.0 Å². The number of benzene rings is 1. The Labute approximate surface area is 112 Å². The predicted molar refractivity (Wildman–Crippen MR) is 73.0 cm³/mol. The molecule has 1 aromatic heterocycles. The number of thiazole rings is 1. The van der Waals surface area contributed by atoms with Gasteiger partial charge in [-0.25, -0.2) is 9.37 Å². The number of nitrogens with one attached hydrogen (secondary N) is 1. The zero-order valence-corrected chi connectivity index (χ0v) is 12.0. The average Bonchev–Trinajstić information content (AvgIpc) is 2.68. The lowest BCUT2D eigenvalue weighted by molar-refractivity contribution is 0.621. The topological polar surface area (TPSA) is 24.9 Å². The first-order chi connectivity index (χ1) is 8.06. The molecule has 0 aliphatic heterocycles. The SMILES string of the molecule is Cc1nc(CNc2cc(F)c(Br)cc2C)cs1. The van der Waals surface area contributed by atoms with Crippen molar-refractivity contribution in [1.29, 1.82) is 0 Å². The molecule has 0 unspecified atom stereocenters. The summed E-state index contributed by atoms with van der Waals surface area (Å²) in [6.45, 7) is 4.53. The van der Waals surface area contributed by atoms with E-state index in [1.54, 1.807) is 17.4 Å². The molecule has 1 aromatic carbocycles. The number of nitrogens with zero attached hydrogens (tertiary/aromatic N) is 1. The average molecular weight is 315 g/mol. The molecule has 0 fully saturated rings. The number of hydrogen-bond acceptors (Lipinski definition) is 3. The van der Waals surface area contributed by atoms with Crippen LogP contribution in [0.4, 0.5) is 10.1 Å². The molecule has 0 saturated carbocycles. The smallest absolute Gasteiger partial charge is 0.139 e. The Balaban J connectivity index is 2.11. The van der Waals surface area contributed by atoms with Crippen LogP contribution in [-0.4, -0.2) is 4.98 Å². The lowest BCUT2D eigenvalue weighted by atomic mass is 10.2. The van der Waals surface area contributed by atoms with Crippen LogP contribution in [0, 0.1) is 19.7 Å². The van der Waals surface area contributed by atoms with Crippen molar-refractivity contribution < 1.29 is 4.39 Å². The normalized spacial score (nSPS) is 10.6. The van der Waals surface area contributed by atoms with Gasteiger partial charge in [0.25, 0.3) is 0 Å². The van der Waals surface area contributed by atoms with Crippen LogP contribution in [-0.2, 0) is 6.54 Å². The van der Waals surface area contributed by atoms with Crippen molar-refractivity contribution >= 4 is 33.0 Å². The fourth-order valence-electron chi connectivity index (χ4n) is 1.51. The third-order valence-electron chi connectivity index (χ3n) is 2.39. The maximum atomic E-state index is 13.4. The highest BCUT2D eigenvalue weighted by molar-refractivity contribution is 9.10. The predicted octanol–water partition coefficient (Wildman–Crippen LogP) is 4.27. The van der Waals surface area contributed by atoms with E-state index in [-0.39, 0.29) is 5.82 Å². The Morgan fingerprint density at radius 2 is 2.18 bits per heavy atom. The van der Waals surface area contributed by atoms with Gasteiger partial charge in [0.1, 0.15) is 5.82 Å². The number of hydrogen-bond donors (Lipinski definition) is 1. The Kier molecular flexibility index (Phi) is 3.79. The van der Waals surface area contributed by atoms with Crippen molar-refractivity contribution in [2.24, 2.45) is 0 Å². The Morgan fingerprint density at radius 1 is 1.41 bits per heavy atom. The molecular formula is C12H12BrFN2S. The third kappa shape index (κ3) is 3.04. The van der Waals surface area contributed by atoms with Crippen LogP contribution in [0.25, 0.3) is 0 Å². The maximum absolute atomic E-state index is 13.4. The molecule has 2 rings (SSSR count). The van der Waals surface area contributed by atoms with Crippen molar-refractivity contribution in [3.8, 4) is 0 Å². The van der Waals surface area contributed by atoms with E-state index in [0.29, 0.717) is 11.0 Å². The van der Waals surface area contributed by atoms with Crippen LogP contribution in [0.3, 0.4) is 0 Å². The molecule has 2 nitrogen and oxygen atoms in total. The van der Waals surface area contributed by atoms with Gasteiger partial charge < -0.3 is 5.32 Å². The molecule has 0 spiro atoms. The molecule has 0 aliphatic carbocycles. The molecule has 0 radical (unpaired) electrons. The first kappa shape index (κ1) is 12.5. The van der Waals surface area contributed by atoms with Crippen molar-refractivity contribution in [2.75, 3.05) is 5.32 Å². The van der Waals surface area contributed by atoms with Gasteiger partial charge in [-0.1, -0.05) is 0 Å². The van der Waals surface area contributed by atoms with Crippen LogP contribution >= 0.6 is 27.3 Å². The Bertz CT molecular complexity index is 539. The lowest BCUT2D eigenvalue weighted by Crippen LogP contribution is -2.02. The Morgan fingerprint density at radius 3 is 2.82 bits per heavy atom. The first-order valence-electron chi connectivity index (χ1n) is 5.17. The van der Waals surface area contributed by atoms with Crippen LogP contribution in [0.2, 0.25) is 0 Å². The van der Waals surface area contributed by atoms with Crippen molar-refractivity contribution in [2.45, 2.75) is 20.4 Å². The van der Waals surface area contributed by atoms with Crippen LogP contribution < -0.4 is 5.32 Å². The summed E-state index contributed by atoms with van der Waals surface area (Å²) in [7, 11) is 0. The largest absolute Gasteiger partial charge is 0.379 e. The van der Waals surface area contributed by atoms with E-state index < -0.39 is 0 Å². The first-order valence-corrected chi connectivity index (χ1v) is 6.84. The molecular weight excluding hydrogens is 303 g/mol. The van der Waals surface area contributed by atoms with Gasteiger partial charge in [0.2, 0.25) is 0 Å². The van der Waals surface area contributed by atoms with Crippen LogP contribution in [0.5, 0.6) is 0 Å². The molecule has 1 N–H and O–H groups in total. The zero-order valence-electron chi connectivity index (χ0n) is 9.55. The summed E-state index contributed by atoms with van der Waals surface area (Å²) in [4.78, 5) is 4.35. The van der Waals surface area contributed by atoms with E-state index in [2.05, 4.69) is 26.2 Å². The number of anilines is 1. The molecule has 0 aliphatic rings. The van der Waals surface area contributed by atoms with Gasteiger partial charge in [0, 0.05) is 11.1 Å². The molecule has 0 atom stereocenters.